The molecular formula is C25H24Cl2F5N5O3. The number of aryl methyl sites for hydroxylation is 1. The number of ether oxygens (including phenoxy) is 1. The highest BCUT2D eigenvalue weighted by Gasteiger charge is 2.44. The van der Waals surface area contributed by atoms with E-state index in [4.69, 9.17) is 27.9 Å². The van der Waals surface area contributed by atoms with E-state index in [-0.39, 0.29) is 50.8 Å². The van der Waals surface area contributed by atoms with Gasteiger partial charge >= 0.3 is 6.18 Å². The number of carbonyl (C=O) groups is 2. The Morgan fingerprint density at radius 1 is 1.18 bits per heavy atom. The van der Waals surface area contributed by atoms with Crippen LogP contribution in [0.25, 0.3) is 11.0 Å². The van der Waals surface area contributed by atoms with E-state index in [1.807, 2.05) is 6.92 Å². The van der Waals surface area contributed by atoms with Crippen LogP contribution >= 0.6 is 23.2 Å². The Balaban J connectivity index is 1.64. The van der Waals surface area contributed by atoms with Crippen LogP contribution in [-0.2, 0) is 18.4 Å². The highest BCUT2D eigenvalue weighted by molar-refractivity contribution is 6.39. The minimum Gasteiger partial charge on any atom is -0.487 e. The zero-order valence-corrected chi connectivity index (χ0v) is 22.7. The van der Waals surface area contributed by atoms with Gasteiger partial charge in [-0.25, -0.2) is 13.8 Å². The molecule has 1 aromatic heterocycles. The SMILES string of the molecule is Cn1c(Nc2c(Cl)ccc(CNC(=O)C3(C)CC3)c2Cl)nc2cc(C(=O)NCC(F)(F)F)c(OCC(F)F)cc21. The van der Waals surface area contributed by atoms with E-state index in [1.165, 1.54) is 10.6 Å². The van der Waals surface area contributed by atoms with Crippen molar-refractivity contribution < 1.29 is 36.3 Å². The monoisotopic (exact) mass is 607 g/mol. The minimum absolute atomic E-state index is 0.0803. The average molecular weight is 608 g/mol. The van der Waals surface area contributed by atoms with Gasteiger partial charge in [0.1, 0.15) is 18.9 Å². The molecule has 40 heavy (non-hydrogen) atoms. The molecule has 3 aromatic rings. The van der Waals surface area contributed by atoms with Gasteiger partial charge in [-0.15, -0.1) is 0 Å². The second-order valence-electron chi connectivity index (χ2n) is 9.60. The molecule has 1 heterocycles. The maximum atomic E-state index is 12.8. The number of imidazole rings is 1. The number of fused-ring (bicyclic) bond motifs is 1. The fraction of sp³-hybridized carbons (Fsp3) is 0.400. The summed E-state index contributed by atoms with van der Waals surface area (Å²) in [5.41, 5.74) is 0.542. The number of aromatic nitrogens is 2. The molecule has 0 atom stereocenters. The lowest BCUT2D eigenvalue weighted by Crippen LogP contribution is -2.34. The topological polar surface area (TPSA) is 97.3 Å². The summed E-state index contributed by atoms with van der Waals surface area (Å²) in [6.07, 6.45) is -5.95. The van der Waals surface area contributed by atoms with Crippen molar-refractivity contribution in [3.63, 3.8) is 0 Å². The van der Waals surface area contributed by atoms with Crippen molar-refractivity contribution in [2.24, 2.45) is 12.5 Å². The van der Waals surface area contributed by atoms with Gasteiger partial charge < -0.3 is 25.3 Å². The number of amides is 2. The molecule has 8 nitrogen and oxygen atoms in total. The van der Waals surface area contributed by atoms with Gasteiger partial charge in [0.2, 0.25) is 11.9 Å². The summed E-state index contributed by atoms with van der Waals surface area (Å²) in [6.45, 7) is -0.676. The number of nitrogens with zero attached hydrogens (tertiary/aromatic N) is 2. The van der Waals surface area contributed by atoms with Crippen molar-refractivity contribution in [2.75, 3.05) is 18.5 Å². The largest absolute Gasteiger partial charge is 0.487 e. The first kappa shape index (κ1) is 29.7. The van der Waals surface area contributed by atoms with Crippen molar-refractivity contribution in [3.05, 3.63) is 45.4 Å². The molecular weight excluding hydrogens is 584 g/mol. The number of hydrogen-bond acceptors (Lipinski definition) is 5. The summed E-state index contributed by atoms with van der Waals surface area (Å²) in [7, 11) is 1.57. The Labute approximate surface area is 235 Å². The van der Waals surface area contributed by atoms with E-state index >= 15 is 0 Å². The smallest absolute Gasteiger partial charge is 0.405 e. The van der Waals surface area contributed by atoms with Crippen LogP contribution < -0.4 is 20.7 Å². The predicted molar refractivity (Wildman–Crippen MR) is 140 cm³/mol. The van der Waals surface area contributed by atoms with Gasteiger partial charge in [0.25, 0.3) is 12.3 Å². The van der Waals surface area contributed by atoms with Gasteiger partial charge in [0.05, 0.1) is 32.3 Å². The zero-order chi connectivity index (χ0) is 29.4. The molecule has 15 heteroatoms. The average Bonchev–Trinajstić information content (AvgIpc) is 3.57. The summed E-state index contributed by atoms with van der Waals surface area (Å²) >= 11 is 13.0. The van der Waals surface area contributed by atoms with E-state index < -0.39 is 37.2 Å². The maximum absolute atomic E-state index is 12.8. The van der Waals surface area contributed by atoms with Gasteiger partial charge in [-0.1, -0.05) is 36.2 Å². The molecule has 0 spiro atoms. The third kappa shape index (κ3) is 6.69. The lowest BCUT2D eigenvalue weighted by molar-refractivity contribution is -0.126. The van der Waals surface area contributed by atoms with Crippen molar-refractivity contribution in [2.45, 2.75) is 38.9 Å². The van der Waals surface area contributed by atoms with E-state index in [0.717, 1.165) is 18.9 Å². The number of alkyl halides is 5. The van der Waals surface area contributed by atoms with E-state index in [0.29, 0.717) is 11.1 Å². The molecule has 0 aliphatic heterocycles. The first-order chi connectivity index (χ1) is 18.7. The number of hydrogen-bond donors (Lipinski definition) is 3. The van der Waals surface area contributed by atoms with Crippen molar-refractivity contribution in [1.29, 1.82) is 0 Å². The molecule has 1 aliphatic rings. The van der Waals surface area contributed by atoms with Gasteiger partial charge in [-0.05, 0) is 30.5 Å². The molecule has 1 saturated carbocycles. The van der Waals surface area contributed by atoms with Gasteiger partial charge in [-0.2, -0.15) is 13.2 Å². The molecule has 2 aromatic carbocycles. The zero-order valence-electron chi connectivity index (χ0n) is 21.2. The van der Waals surface area contributed by atoms with Crippen LogP contribution in [0.15, 0.2) is 24.3 Å². The van der Waals surface area contributed by atoms with Crippen LogP contribution in [0.4, 0.5) is 33.6 Å². The molecule has 1 aliphatic carbocycles. The Morgan fingerprint density at radius 3 is 2.50 bits per heavy atom. The standard InChI is InChI=1S/C25H24Cl2F5N5O3/c1-24(5-6-24)22(39)33-9-12-3-4-14(26)20(19(12)27)36-23-35-15-7-13(21(38)34-11-25(30,31)32)17(40-10-18(28)29)8-16(15)37(23)2/h3-4,7-8,18H,5-6,9-11H2,1-2H3,(H,33,39)(H,34,38)(H,35,36). The Morgan fingerprint density at radius 2 is 1.88 bits per heavy atom. The number of benzene rings is 2. The molecule has 0 bridgehead atoms. The maximum Gasteiger partial charge on any atom is 0.405 e. The molecule has 2 amide bonds. The Kier molecular flexibility index (Phi) is 8.36. The second kappa shape index (κ2) is 11.3. The summed E-state index contributed by atoms with van der Waals surface area (Å²) in [6, 6.07) is 5.61. The van der Waals surface area contributed by atoms with Crippen molar-refractivity contribution in [1.82, 2.24) is 20.2 Å². The van der Waals surface area contributed by atoms with Crippen LogP contribution in [0.5, 0.6) is 5.75 Å². The molecule has 4 rings (SSSR count). The predicted octanol–water partition coefficient (Wildman–Crippen LogP) is 5.98. The van der Waals surface area contributed by atoms with Crippen molar-refractivity contribution in [3.8, 4) is 5.75 Å². The minimum atomic E-state index is -4.68. The van der Waals surface area contributed by atoms with E-state index in [2.05, 4.69) is 15.6 Å². The quantitative estimate of drug-likeness (QED) is 0.247. The normalized spacial score (nSPS) is 14.3. The van der Waals surface area contributed by atoms with E-state index in [1.54, 1.807) is 24.5 Å². The molecule has 216 valence electrons. The molecule has 0 unspecified atom stereocenters. The first-order valence-corrected chi connectivity index (χ1v) is 12.7. The fourth-order valence-electron chi connectivity index (χ4n) is 3.82. The summed E-state index contributed by atoms with van der Waals surface area (Å²) in [5, 5.41) is 8.00. The lowest BCUT2D eigenvalue weighted by Gasteiger charge is -2.15. The number of nitrogens with one attached hydrogen (secondary N) is 3. The van der Waals surface area contributed by atoms with Crippen LogP contribution in [0.3, 0.4) is 0 Å². The van der Waals surface area contributed by atoms with Crippen LogP contribution in [0.2, 0.25) is 10.0 Å². The third-order valence-electron chi connectivity index (χ3n) is 6.44. The van der Waals surface area contributed by atoms with Gasteiger partial charge in [0.15, 0.2) is 0 Å². The number of halogens is 7. The summed E-state index contributed by atoms with van der Waals surface area (Å²) in [4.78, 5) is 29.2. The molecule has 0 radical (unpaired) electrons. The number of anilines is 2. The van der Waals surface area contributed by atoms with Crippen molar-refractivity contribution >= 4 is 57.7 Å². The molecule has 0 saturated heterocycles. The van der Waals surface area contributed by atoms with Crippen LogP contribution in [0.1, 0.15) is 35.7 Å². The Bertz CT molecular complexity index is 1460. The van der Waals surface area contributed by atoms with Gasteiger partial charge in [0, 0.05) is 25.1 Å². The second-order valence-corrected chi connectivity index (χ2v) is 10.4. The summed E-state index contributed by atoms with van der Waals surface area (Å²) < 4.78 is 70.1. The molecule has 1 fully saturated rings. The number of carbonyl (C=O) groups excluding carboxylic acids is 2. The van der Waals surface area contributed by atoms with E-state index in [9.17, 15) is 31.5 Å². The van der Waals surface area contributed by atoms with Crippen LogP contribution in [0, 0.1) is 5.41 Å². The number of rotatable bonds is 10. The third-order valence-corrected chi connectivity index (χ3v) is 7.18. The van der Waals surface area contributed by atoms with Gasteiger partial charge in [-0.3, -0.25) is 9.59 Å². The first-order valence-electron chi connectivity index (χ1n) is 12.0. The fourth-order valence-corrected chi connectivity index (χ4v) is 4.35. The Hall–Kier alpha value is -3.32. The highest BCUT2D eigenvalue weighted by atomic mass is 35.5. The molecule has 3 N–H and O–H groups in total. The highest BCUT2D eigenvalue weighted by Crippen LogP contribution is 2.45. The summed E-state index contributed by atoms with van der Waals surface area (Å²) in [5.74, 6) is -1.44. The lowest BCUT2D eigenvalue weighted by atomic mass is 10.1. The van der Waals surface area contributed by atoms with Crippen LogP contribution in [-0.4, -0.2) is 47.1 Å².